The molecule has 1 aromatic rings. The zero-order valence-corrected chi connectivity index (χ0v) is 11.0. The molecule has 0 radical (unpaired) electrons. The SMILES string of the molecule is Cc1ccc(C(C)C(C)CNC2CC2)cc1F. The largest absolute Gasteiger partial charge is 0.314 e. The summed E-state index contributed by atoms with van der Waals surface area (Å²) >= 11 is 0. The molecule has 0 aromatic heterocycles. The topological polar surface area (TPSA) is 12.0 Å². The van der Waals surface area contributed by atoms with Crippen LogP contribution in [0.15, 0.2) is 18.2 Å². The van der Waals surface area contributed by atoms with Gasteiger partial charge in [-0.25, -0.2) is 4.39 Å². The summed E-state index contributed by atoms with van der Waals surface area (Å²) in [7, 11) is 0. The third kappa shape index (κ3) is 3.29. The molecular weight excluding hydrogens is 213 g/mol. The van der Waals surface area contributed by atoms with E-state index in [0.29, 0.717) is 11.8 Å². The van der Waals surface area contributed by atoms with Crippen LogP contribution in [0, 0.1) is 18.7 Å². The quantitative estimate of drug-likeness (QED) is 0.822. The third-order valence-electron chi connectivity index (χ3n) is 3.88. The maximum Gasteiger partial charge on any atom is 0.126 e. The van der Waals surface area contributed by atoms with E-state index in [2.05, 4.69) is 25.2 Å². The van der Waals surface area contributed by atoms with Gasteiger partial charge in [0.05, 0.1) is 0 Å². The Morgan fingerprint density at radius 2 is 2.06 bits per heavy atom. The molecule has 1 aliphatic rings. The molecule has 94 valence electrons. The molecule has 2 unspecified atom stereocenters. The van der Waals surface area contributed by atoms with Gasteiger partial charge in [0.25, 0.3) is 0 Å². The lowest BCUT2D eigenvalue weighted by atomic mass is 9.88. The van der Waals surface area contributed by atoms with Crippen molar-refractivity contribution in [2.24, 2.45) is 5.92 Å². The maximum absolute atomic E-state index is 13.5. The Morgan fingerprint density at radius 1 is 1.35 bits per heavy atom. The predicted octanol–water partition coefficient (Wildman–Crippen LogP) is 3.63. The van der Waals surface area contributed by atoms with Crippen molar-refractivity contribution in [1.29, 1.82) is 0 Å². The second-order valence-corrected chi connectivity index (χ2v) is 5.46. The van der Waals surface area contributed by atoms with E-state index in [-0.39, 0.29) is 5.82 Å². The van der Waals surface area contributed by atoms with Crippen LogP contribution in [0.2, 0.25) is 0 Å². The lowest BCUT2D eigenvalue weighted by Crippen LogP contribution is -2.26. The fourth-order valence-electron chi connectivity index (χ4n) is 2.04. The first-order valence-corrected chi connectivity index (χ1v) is 6.57. The highest BCUT2D eigenvalue weighted by atomic mass is 19.1. The second-order valence-electron chi connectivity index (χ2n) is 5.46. The molecule has 17 heavy (non-hydrogen) atoms. The summed E-state index contributed by atoms with van der Waals surface area (Å²) in [5.74, 6) is 0.853. The van der Waals surface area contributed by atoms with Crippen molar-refractivity contribution in [2.45, 2.75) is 45.6 Å². The van der Waals surface area contributed by atoms with Gasteiger partial charge >= 0.3 is 0 Å². The van der Waals surface area contributed by atoms with Crippen LogP contribution in [-0.4, -0.2) is 12.6 Å². The molecule has 0 saturated heterocycles. The standard InChI is InChI=1S/C15H22FN/c1-10-4-5-13(8-15(10)16)12(3)11(2)9-17-14-6-7-14/h4-5,8,11-12,14,17H,6-7,9H2,1-3H3. The molecule has 0 heterocycles. The van der Waals surface area contributed by atoms with E-state index in [1.165, 1.54) is 12.8 Å². The Morgan fingerprint density at radius 3 is 2.65 bits per heavy atom. The van der Waals surface area contributed by atoms with Crippen LogP contribution in [0.5, 0.6) is 0 Å². The number of hydrogen-bond donors (Lipinski definition) is 1. The maximum atomic E-state index is 13.5. The first kappa shape index (κ1) is 12.6. The highest BCUT2D eigenvalue weighted by molar-refractivity contribution is 5.26. The fourth-order valence-corrected chi connectivity index (χ4v) is 2.04. The molecule has 1 saturated carbocycles. The minimum absolute atomic E-state index is 0.0864. The van der Waals surface area contributed by atoms with Crippen molar-refractivity contribution >= 4 is 0 Å². The number of rotatable bonds is 5. The van der Waals surface area contributed by atoms with Gasteiger partial charge in [0, 0.05) is 6.04 Å². The molecule has 0 aliphatic heterocycles. The summed E-state index contributed by atoms with van der Waals surface area (Å²) in [6, 6.07) is 6.37. The molecule has 2 heteroatoms. The van der Waals surface area contributed by atoms with E-state index in [4.69, 9.17) is 0 Å². The van der Waals surface area contributed by atoms with Crippen molar-refractivity contribution in [3.63, 3.8) is 0 Å². The van der Waals surface area contributed by atoms with Crippen molar-refractivity contribution in [3.8, 4) is 0 Å². The zero-order chi connectivity index (χ0) is 12.4. The zero-order valence-electron chi connectivity index (χ0n) is 11.0. The van der Waals surface area contributed by atoms with Gasteiger partial charge in [-0.05, 0) is 55.3 Å². The van der Waals surface area contributed by atoms with Crippen molar-refractivity contribution in [1.82, 2.24) is 5.32 Å². The average molecular weight is 235 g/mol. The van der Waals surface area contributed by atoms with E-state index in [1.807, 2.05) is 13.0 Å². The predicted molar refractivity (Wildman–Crippen MR) is 69.7 cm³/mol. The Balaban J connectivity index is 1.96. The van der Waals surface area contributed by atoms with E-state index in [0.717, 1.165) is 23.7 Å². The molecular formula is C15H22FN. The monoisotopic (exact) mass is 235 g/mol. The number of aryl methyl sites for hydroxylation is 1. The molecule has 1 aliphatic carbocycles. The first-order chi connectivity index (χ1) is 8.08. The van der Waals surface area contributed by atoms with Gasteiger partial charge in [-0.15, -0.1) is 0 Å². The number of halogens is 1. The smallest absolute Gasteiger partial charge is 0.126 e. The Labute approximate surface area is 103 Å². The number of nitrogens with one attached hydrogen (secondary N) is 1. The molecule has 1 fully saturated rings. The summed E-state index contributed by atoms with van der Waals surface area (Å²) in [6.45, 7) is 7.25. The summed E-state index contributed by atoms with van der Waals surface area (Å²) in [6.07, 6.45) is 2.64. The lowest BCUT2D eigenvalue weighted by Gasteiger charge is -2.21. The van der Waals surface area contributed by atoms with Crippen LogP contribution in [0.25, 0.3) is 0 Å². The van der Waals surface area contributed by atoms with Crippen LogP contribution in [0.4, 0.5) is 4.39 Å². The Bertz CT molecular complexity index is 385. The van der Waals surface area contributed by atoms with Crippen LogP contribution < -0.4 is 5.32 Å². The van der Waals surface area contributed by atoms with Gasteiger partial charge in [-0.1, -0.05) is 26.0 Å². The molecule has 0 spiro atoms. The van der Waals surface area contributed by atoms with Gasteiger partial charge in [-0.2, -0.15) is 0 Å². The first-order valence-electron chi connectivity index (χ1n) is 6.57. The van der Waals surface area contributed by atoms with Crippen molar-refractivity contribution < 1.29 is 4.39 Å². The molecule has 0 bridgehead atoms. The fraction of sp³-hybridized carbons (Fsp3) is 0.600. The van der Waals surface area contributed by atoms with Gasteiger partial charge in [-0.3, -0.25) is 0 Å². The van der Waals surface area contributed by atoms with E-state index >= 15 is 0 Å². The van der Waals surface area contributed by atoms with Crippen LogP contribution >= 0.6 is 0 Å². The molecule has 0 amide bonds. The number of hydrogen-bond acceptors (Lipinski definition) is 1. The Kier molecular flexibility index (Phi) is 3.82. The van der Waals surface area contributed by atoms with Gasteiger partial charge < -0.3 is 5.32 Å². The summed E-state index contributed by atoms with van der Waals surface area (Å²) in [4.78, 5) is 0. The summed E-state index contributed by atoms with van der Waals surface area (Å²) in [5, 5.41) is 3.54. The Hall–Kier alpha value is -0.890. The van der Waals surface area contributed by atoms with Crippen molar-refractivity contribution in [2.75, 3.05) is 6.54 Å². The van der Waals surface area contributed by atoms with Crippen LogP contribution in [0.1, 0.15) is 43.7 Å². The van der Waals surface area contributed by atoms with E-state index < -0.39 is 0 Å². The van der Waals surface area contributed by atoms with Crippen LogP contribution in [-0.2, 0) is 0 Å². The highest BCUT2D eigenvalue weighted by Crippen LogP contribution is 2.26. The summed E-state index contributed by atoms with van der Waals surface area (Å²) < 4.78 is 13.5. The molecule has 1 aromatic carbocycles. The second kappa shape index (κ2) is 5.18. The summed E-state index contributed by atoms with van der Waals surface area (Å²) in [5.41, 5.74) is 1.84. The van der Waals surface area contributed by atoms with E-state index in [1.54, 1.807) is 6.07 Å². The lowest BCUT2D eigenvalue weighted by molar-refractivity contribution is 0.444. The minimum Gasteiger partial charge on any atom is -0.314 e. The third-order valence-corrected chi connectivity index (χ3v) is 3.88. The van der Waals surface area contributed by atoms with Gasteiger partial charge in [0.2, 0.25) is 0 Å². The number of benzene rings is 1. The normalized spacial score (nSPS) is 19.1. The molecule has 1 nitrogen and oxygen atoms in total. The van der Waals surface area contributed by atoms with Crippen LogP contribution in [0.3, 0.4) is 0 Å². The molecule has 2 rings (SSSR count). The average Bonchev–Trinajstić information content (AvgIpc) is 3.12. The van der Waals surface area contributed by atoms with Crippen molar-refractivity contribution in [3.05, 3.63) is 35.1 Å². The highest BCUT2D eigenvalue weighted by Gasteiger charge is 2.22. The van der Waals surface area contributed by atoms with E-state index in [9.17, 15) is 4.39 Å². The molecule has 2 atom stereocenters. The minimum atomic E-state index is -0.0864. The van der Waals surface area contributed by atoms with Gasteiger partial charge in [0.1, 0.15) is 5.82 Å². The molecule has 1 N–H and O–H groups in total. The van der Waals surface area contributed by atoms with Gasteiger partial charge in [0.15, 0.2) is 0 Å².